The molecule has 0 aromatic carbocycles. The van der Waals surface area contributed by atoms with E-state index < -0.39 is 10.0 Å². The van der Waals surface area contributed by atoms with Crippen molar-refractivity contribution in [3.8, 4) is 0 Å². The van der Waals surface area contributed by atoms with E-state index in [1.165, 1.54) is 11.4 Å². The second-order valence-corrected chi connectivity index (χ2v) is 6.62. The third-order valence-corrected chi connectivity index (χ3v) is 5.17. The number of aromatic nitrogens is 3. The molecule has 20 heavy (non-hydrogen) atoms. The van der Waals surface area contributed by atoms with Crippen molar-refractivity contribution in [3.05, 3.63) is 41.5 Å². The first-order chi connectivity index (χ1) is 9.46. The Kier molecular flexibility index (Phi) is 4.42. The molecule has 0 atom stereocenters. The van der Waals surface area contributed by atoms with Gasteiger partial charge < -0.3 is 0 Å². The number of alkyl halides is 1. The Labute approximate surface area is 122 Å². The van der Waals surface area contributed by atoms with Crippen LogP contribution in [0.15, 0.2) is 29.4 Å². The Morgan fingerprint density at radius 1 is 1.35 bits per heavy atom. The molecule has 8 heteroatoms. The molecule has 0 aliphatic heterocycles. The van der Waals surface area contributed by atoms with Crippen LogP contribution >= 0.6 is 11.6 Å². The highest BCUT2D eigenvalue weighted by molar-refractivity contribution is 7.89. The Morgan fingerprint density at radius 2 is 2.00 bits per heavy atom. The van der Waals surface area contributed by atoms with Crippen LogP contribution in [-0.2, 0) is 22.4 Å². The number of hydrogen-bond acceptors (Lipinski definition) is 4. The van der Waals surface area contributed by atoms with Gasteiger partial charge in [-0.05, 0) is 24.6 Å². The number of pyridine rings is 1. The molecule has 0 aliphatic carbocycles. The van der Waals surface area contributed by atoms with Crippen molar-refractivity contribution in [3.63, 3.8) is 0 Å². The van der Waals surface area contributed by atoms with Gasteiger partial charge in [-0.15, -0.1) is 11.6 Å². The van der Waals surface area contributed by atoms with Gasteiger partial charge in [0.25, 0.3) is 0 Å². The van der Waals surface area contributed by atoms with E-state index in [-0.39, 0.29) is 17.3 Å². The van der Waals surface area contributed by atoms with E-state index in [1.54, 1.807) is 31.5 Å². The van der Waals surface area contributed by atoms with Crippen LogP contribution in [0.5, 0.6) is 0 Å². The molecule has 0 bridgehead atoms. The first-order valence-corrected chi connectivity index (χ1v) is 7.89. The van der Waals surface area contributed by atoms with Crippen molar-refractivity contribution in [1.29, 1.82) is 0 Å². The fraction of sp³-hybridized carbons (Fsp3) is 0.333. The Hall–Kier alpha value is -1.44. The van der Waals surface area contributed by atoms with Crippen LogP contribution in [0, 0.1) is 6.92 Å². The van der Waals surface area contributed by atoms with Crippen molar-refractivity contribution < 1.29 is 8.42 Å². The van der Waals surface area contributed by atoms with Crippen LogP contribution in [0.4, 0.5) is 0 Å². The lowest BCUT2D eigenvalue weighted by Gasteiger charge is -2.17. The third-order valence-electron chi connectivity index (χ3n) is 2.91. The molecule has 0 unspecified atom stereocenters. The first kappa shape index (κ1) is 15.0. The minimum absolute atomic E-state index is 0.0437. The molecular formula is C12H15ClN4O2S. The summed E-state index contributed by atoms with van der Waals surface area (Å²) in [6.07, 6.45) is 3.26. The summed E-state index contributed by atoms with van der Waals surface area (Å²) < 4.78 is 26.5. The van der Waals surface area contributed by atoms with Crippen LogP contribution in [0.3, 0.4) is 0 Å². The minimum atomic E-state index is -3.63. The lowest BCUT2D eigenvalue weighted by molar-refractivity contribution is 0.465. The predicted octanol–water partition coefficient (Wildman–Crippen LogP) is 1.67. The molecule has 0 fully saturated rings. The molecule has 2 aromatic heterocycles. The van der Waals surface area contributed by atoms with Crippen molar-refractivity contribution in [1.82, 2.24) is 19.5 Å². The second-order valence-electron chi connectivity index (χ2n) is 4.37. The van der Waals surface area contributed by atoms with Gasteiger partial charge in [0.05, 0.1) is 17.3 Å². The second kappa shape index (κ2) is 5.90. The Balaban J connectivity index is 2.32. The number of nitrogens with one attached hydrogen (secondary N) is 1. The van der Waals surface area contributed by atoms with E-state index in [4.69, 9.17) is 11.6 Å². The van der Waals surface area contributed by atoms with Gasteiger partial charge in [-0.1, -0.05) is 0 Å². The molecule has 2 aromatic rings. The van der Waals surface area contributed by atoms with Crippen LogP contribution in [0.1, 0.15) is 17.0 Å². The fourth-order valence-corrected chi connectivity index (χ4v) is 3.64. The molecule has 0 radical (unpaired) electrons. The highest BCUT2D eigenvalue weighted by Gasteiger charge is 2.28. The van der Waals surface area contributed by atoms with Crippen molar-refractivity contribution >= 4 is 21.6 Å². The number of aromatic amines is 1. The smallest absolute Gasteiger partial charge is 0.246 e. The molecule has 2 heterocycles. The molecular weight excluding hydrogens is 300 g/mol. The number of rotatable bonds is 5. The molecule has 0 spiro atoms. The summed E-state index contributed by atoms with van der Waals surface area (Å²) in [7, 11) is -2.10. The summed E-state index contributed by atoms with van der Waals surface area (Å²) in [5, 5.41) is 6.58. The summed E-state index contributed by atoms with van der Waals surface area (Å²) in [6, 6.07) is 3.55. The summed E-state index contributed by atoms with van der Waals surface area (Å²) in [4.78, 5) is 4.06. The van der Waals surface area contributed by atoms with E-state index in [2.05, 4.69) is 15.2 Å². The van der Waals surface area contributed by atoms with E-state index in [1.807, 2.05) is 0 Å². The SMILES string of the molecule is Cc1[nH]nc(CCl)c1S(=O)(=O)N(C)Cc1ccncc1. The number of nitrogens with zero attached hydrogens (tertiary/aromatic N) is 3. The maximum absolute atomic E-state index is 12.6. The topological polar surface area (TPSA) is 79.0 Å². The molecule has 0 saturated carbocycles. The van der Waals surface area contributed by atoms with Gasteiger partial charge in [-0.25, -0.2) is 8.42 Å². The summed E-state index contributed by atoms with van der Waals surface area (Å²) in [6.45, 7) is 1.92. The normalized spacial score (nSPS) is 12.0. The zero-order valence-electron chi connectivity index (χ0n) is 11.2. The van der Waals surface area contributed by atoms with Crippen LogP contribution < -0.4 is 0 Å². The Morgan fingerprint density at radius 3 is 2.60 bits per heavy atom. The predicted molar refractivity (Wildman–Crippen MR) is 75.8 cm³/mol. The zero-order valence-corrected chi connectivity index (χ0v) is 12.7. The van der Waals surface area contributed by atoms with Crippen LogP contribution in [0.25, 0.3) is 0 Å². The molecule has 108 valence electrons. The standard InChI is InChI=1S/C12H15ClN4O2S/c1-9-12(11(7-13)16-15-9)20(18,19)17(2)8-10-3-5-14-6-4-10/h3-6H,7-8H2,1-2H3,(H,15,16). The molecule has 1 N–H and O–H groups in total. The van der Waals surface area contributed by atoms with Gasteiger partial charge in [-0.3, -0.25) is 10.1 Å². The average molecular weight is 315 g/mol. The number of halogens is 1. The maximum atomic E-state index is 12.6. The zero-order chi connectivity index (χ0) is 14.8. The molecule has 0 saturated heterocycles. The minimum Gasteiger partial charge on any atom is -0.281 e. The average Bonchev–Trinajstić information content (AvgIpc) is 2.81. The van der Waals surface area contributed by atoms with Gasteiger partial charge in [0.15, 0.2) is 0 Å². The van der Waals surface area contributed by atoms with E-state index in [0.29, 0.717) is 11.4 Å². The van der Waals surface area contributed by atoms with Gasteiger partial charge >= 0.3 is 0 Å². The Bertz CT molecular complexity index is 685. The number of aryl methyl sites for hydroxylation is 1. The highest BCUT2D eigenvalue weighted by atomic mass is 35.5. The van der Waals surface area contributed by atoms with E-state index in [9.17, 15) is 8.42 Å². The van der Waals surface area contributed by atoms with Gasteiger partial charge in [-0.2, -0.15) is 9.40 Å². The lowest BCUT2D eigenvalue weighted by atomic mass is 10.3. The third kappa shape index (κ3) is 2.84. The molecule has 2 rings (SSSR count). The van der Waals surface area contributed by atoms with Crippen LogP contribution in [-0.4, -0.2) is 35.0 Å². The maximum Gasteiger partial charge on any atom is 0.246 e. The van der Waals surface area contributed by atoms with Crippen molar-refractivity contribution in [2.24, 2.45) is 0 Å². The van der Waals surface area contributed by atoms with Crippen molar-refractivity contribution in [2.45, 2.75) is 24.2 Å². The summed E-state index contributed by atoms with van der Waals surface area (Å²) in [5.74, 6) is 0.0437. The summed E-state index contributed by atoms with van der Waals surface area (Å²) >= 11 is 5.74. The quantitative estimate of drug-likeness (QED) is 0.851. The lowest BCUT2D eigenvalue weighted by Crippen LogP contribution is -2.27. The largest absolute Gasteiger partial charge is 0.281 e. The first-order valence-electron chi connectivity index (χ1n) is 5.92. The molecule has 0 aliphatic rings. The van der Waals surface area contributed by atoms with Crippen molar-refractivity contribution in [2.75, 3.05) is 7.05 Å². The van der Waals surface area contributed by atoms with E-state index in [0.717, 1.165) is 5.56 Å². The van der Waals surface area contributed by atoms with E-state index >= 15 is 0 Å². The van der Waals surface area contributed by atoms with Crippen LogP contribution in [0.2, 0.25) is 0 Å². The van der Waals surface area contributed by atoms with Gasteiger partial charge in [0.1, 0.15) is 4.90 Å². The van der Waals surface area contributed by atoms with Gasteiger partial charge in [0, 0.05) is 26.0 Å². The monoisotopic (exact) mass is 314 g/mol. The summed E-state index contributed by atoms with van der Waals surface area (Å²) in [5.41, 5.74) is 1.69. The number of sulfonamides is 1. The fourth-order valence-electron chi connectivity index (χ4n) is 1.89. The number of H-pyrrole nitrogens is 1. The van der Waals surface area contributed by atoms with Gasteiger partial charge in [0.2, 0.25) is 10.0 Å². The molecule has 0 amide bonds. The molecule has 6 nitrogen and oxygen atoms in total. The highest BCUT2D eigenvalue weighted by Crippen LogP contribution is 2.23. The number of hydrogen-bond donors (Lipinski definition) is 1.